The highest BCUT2D eigenvalue weighted by atomic mass is 127. The Balaban J connectivity index is 0.00000441. The van der Waals surface area contributed by atoms with Gasteiger partial charge in [0.05, 0.1) is 19.8 Å². The molecule has 0 bridgehead atoms. The van der Waals surface area contributed by atoms with E-state index in [1.807, 2.05) is 19.1 Å². The maximum atomic E-state index is 5.83. The predicted molar refractivity (Wildman–Crippen MR) is 96.8 cm³/mol. The average molecular weight is 424 g/mol. The molecule has 1 unspecified atom stereocenters. The average Bonchev–Trinajstić information content (AvgIpc) is 2.46. The standard InChI is InChI=1S/C14H24N4O3.HI/c1-11(10-20-3)18-14(15)17-9-12-5-4-6-16-13(12)21-8-7-19-2;/h4-6,11H,7-10H2,1-3H3,(H3,15,17,18);1H. The number of methoxy groups -OCH3 is 2. The van der Waals surface area contributed by atoms with Crippen molar-refractivity contribution in [1.82, 2.24) is 10.3 Å². The van der Waals surface area contributed by atoms with Crippen LogP contribution in [0.5, 0.6) is 5.88 Å². The van der Waals surface area contributed by atoms with E-state index in [1.165, 1.54) is 0 Å². The van der Waals surface area contributed by atoms with Gasteiger partial charge in [-0.15, -0.1) is 24.0 Å². The van der Waals surface area contributed by atoms with Crippen molar-refractivity contribution in [3.8, 4) is 5.88 Å². The van der Waals surface area contributed by atoms with Crippen LogP contribution in [0.2, 0.25) is 0 Å². The van der Waals surface area contributed by atoms with Gasteiger partial charge in [-0.2, -0.15) is 0 Å². The van der Waals surface area contributed by atoms with Crippen LogP contribution < -0.4 is 15.8 Å². The smallest absolute Gasteiger partial charge is 0.218 e. The summed E-state index contributed by atoms with van der Waals surface area (Å²) in [4.78, 5) is 8.47. The molecule has 0 aliphatic heterocycles. The van der Waals surface area contributed by atoms with Crippen LogP contribution in [0.25, 0.3) is 0 Å². The van der Waals surface area contributed by atoms with E-state index < -0.39 is 0 Å². The van der Waals surface area contributed by atoms with Crippen molar-refractivity contribution in [2.75, 3.05) is 34.0 Å². The van der Waals surface area contributed by atoms with Crippen molar-refractivity contribution in [1.29, 1.82) is 0 Å². The predicted octanol–water partition coefficient (Wildman–Crippen LogP) is 1.16. The summed E-state index contributed by atoms with van der Waals surface area (Å²) in [6.45, 7) is 3.89. The van der Waals surface area contributed by atoms with Crippen LogP contribution in [0.1, 0.15) is 12.5 Å². The number of hydrogen-bond acceptors (Lipinski definition) is 5. The first-order valence-electron chi connectivity index (χ1n) is 6.78. The molecule has 0 saturated carbocycles. The zero-order valence-electron chi connectivity index (χ0n) is 13.2. The van der Waals surface area contributed by atoms with Gasteiger partial charge in [0, 0.05) is 32.0 Å². The van der Waals surface area contributed by atoms with Crippen LogP contribution in [0.3, 0.4) is 0 Å². The molecular formula is C14H25IN4O3. The molecule has 0 saturated heterocycles. The van der Waals surface area contributed by atoms with Crippen molar-refractivity contribution < 1.29 is 14.2 Å². The number of rotatable bonds is 9. The van der Waals surface area contributed by atoms with Crippen LogP contribution >= 0.6 is 24.0 Å². The first kappa shape index (κ1) is 20.9. The van der Waals surface area contributed by atoms with Gasteiger partial charge < -0.3 is 25.3 Å². The monoisotopic (exact) mass is 424 g/mol. The molecule has 22 heavy (non-hydrogen) atoms. The van der Waals surface area contributed by atoms with E-state index in [0.29, 0.717) is 38.2 Å². The quantitative estimate of drug-likeness (QED) is 0.268. The molecule has 1 rings (SSSR count). The fourth-order valence-electron chi connectivity index (χ4n) is 1.66. The fourth-order valence-corrected chi connectivity index (χ4v) is 1.66. The second-order valence-electron chi connectivity index (χ2n) is 4.51. The number of ether oxygens (including phenoxy) is 3. The Hall–Kier alpha value is -1.13. The lowest BCUT2D eigenvalue weighted by Gasteiger charge is -2.13. The van der Waals surface area contributed by atoms with Gasteiger partial charge in [-0.25, -0.2) is 9.98 Å². The Kier molecular flexibility index (Phi) is 11.8. The molecule has 0 amide bonds. The summed E-state index contributed by atoms with van der Waals surface area (Å²) in [5.74, 6) is 0.919. The van der Waals surface area contributed by atoms with E-state index in [1.54, 1.807) is 20.4 Å². The van der Waals surface area contributed by atoms with Crippen molar-refractivity contribution in [3.05, 3.63) is 23.9 Å². The van der Waals surface area contributed by atoms with E-state index in [2.05, 4.69) is 15.3 Å². The van der Waals surface area contributed by atoms with Crippen molar-refractivity contribution in [2.45, 2.75) is 19.5 Å². The molecule has 0 aliphatic carbocycles. The SMILES string of the molecule is COCCOc1ncccc1CN=C(N)NC(C)COC.I. The summed E-state index contributed by atoms with van der Waals surface area (Å²) >= 11 is 0. The van der Waals surface area contributed by atoms with Crippen LogP contribution in [-0.2, 0) is 16.0 Å². The number of nitrogens with zero attached hydrogens (tertiary/aromatic N) is 2. The summed E-state index contributed by atoms with van der Waals surface area (Å²) in [6, 6.07) is 3.85. The summed E-state index contributed by atoms with van der Waals surface area (Å²) in [7, 11) is 3.27. The molecule has 1 aromatic heterocycles. The Morgan fingerprint density at radius 2 is 2.14 bits per heavy atom. The molecule has 3 N–H and O–H groups in total. The molecule has 1 atom stereocenters. The van der Waals surface area contributed by atoms with Gasteiger partial charge in [-0.05, 0) is 13.0 Å². The number of halogens is 1. The van der Waals surface area contributed by atoms with Gasteiger partial charge in [-0.1, -0.05) is 6.07 Å². The topological polar surface area (TPSA) is 91.0 Å². The first-order valence-corrected chi connectivity index (χ1v) is 6.78. The summed E-state index contributed by atoms with van der Waals surface area (Å²) in [5, 5.41) is 3.04. The van der Waals surface area contributed by atoms with Crippen molar-refractivity contribution in [3.63, 3.8) is 0 Å². The Bertz CT molecular complexity index is 446. The minimum atomic E-state index is 0. The van der Waals surface area contributed by atoms with Crippen molar-refractivity contribution in [2.24, 2.45) is 10.7 Å². The Morgan fingerprint density at radius 1 is 1.36 bits per heavy atom. The number of nitrogens with one attached hydrogen (secondary N) is 1. The highest BCUT2D eigenvalue weighted by molar-refractivity contribution is 14.0. The lowest BCUT2D eigenvalue weighted by Crippen LogP contribution is -2.40. The number of nitrogens with two attached hydrogens (primary N) is 1. The van der Waals surface area contributed by atoms with Gasteiger partial charge in [0.1, 0.15) is 6.61 Å². The molecule has 0 radical (unpaired) electrons. The molecule has 0 aromatic carbocycles. The molecule has 0 aliphatic rings. The van der Waals surface area contributed by atoms with Gasteiger partial charge in [0.25, 0.3) is 0 Å². The Morgan fingerprint density at radius 3 is 2.82 bits per heavy atom. The first-order chi connectivity index (χ1) is 10.2. The molecule has 1 heterocycles. The number of guanidine groups is 1. The van der Waals surface area contributed by atoms with Crippen LogP contribution in [0.4, 0.5) is 0 Å². The minimum Gasteiger partial charge on any atom is -0.475 e. The summed E-state index contributed by atoms with van der Waals surface area (Å²) < 4.78 is 15.5. The molecule has 126 valence electrons. The van der Waals surface area contributed by atoms with Gasteiger partial charge >= 0.3 is 0 Å². The molecule has 0 fully saturated rings. The van der Waals surface area contributed by atoms with Gasteiger partial charge in [0.2, 0.25) is 5.88 Å². The van der Waals surface area contributed by atoms with Crippen LogP contribution in [-0.4, -0.2) is 51.0 Å². The van der Waals surface area contributed by atoms with E-state index in [0.717, 1.165) is 5.56 Å². The molecular weight excluding hydrogens is 399 g/mol. The van der Waals surface area contributed by atoms with Crippen LogP contribution in [0.15, 0.2) is 23.3 Å². The third kappa shape index (κ3) is 8.35. The van der Waals surface area contributed by atoms with Crippen molar-refractivity contribution >= 4 is 29.9 Å². The molecule has 7 nitrogen and oxygen atoms in total. The lowest BCUT2D eigenvalue weighted by atomic mass is 10.3. The number of aliphatic imine (C=N–C) groups is 1. The highest BCUT2D eigenvalue weighted by Crippen LogP contribution is 2.15. The molecule has 0 spiro atoms. The highest BCUT2D eigenvalue weighted by Gasteiger charge is 2.05. The zero-order valence-corrected chi connectivity index (χ0v) is 15.6. The third-order valence-corrected chi connectivity index (χ3v) is 2.61. The van der Waals surface area contributed by atoms with Gasteiger partial charge in [-0.3, -0.25) is 0 Å². The molecule has 8 heteroatoms. The summed E-state index contributed by atoms with van der Waals surface area (Å²) in [5.41, 5.74) is 6.70. The third-order valence-electron chi connectivity index (χ3n) is 2.61. The zero-order chi connectivity index (χ0) is 15.5. The molecule has 1 aromatic rings. The van der Waals surface area contributed by atoms with Crippen LogP contribution in [0, 0.1) is 0 Å². The Labute approximate surface area is 148 Å². The second kappa shape index (κ2) is 12.4. The largest absolute Gasteiger partial charge is 0.475 e. The maximum Gasteiger partial charge on any atom is 0.218 e. The fraction of sp³-hybridized carbons (Fsp3) is 0.571. The number of aromatic nitrogens is 1. The number of pyridine rings is 1. The van der Waals surface area contributed by atoms with E-state index in [9.17, 15) is 0 Å². The van der Waals surface area contributed by atoms with E-state index in [4.69, 9.17) is 19.9 Å². The van der Waals surface area contributed by atoms with Gasteiger partial charge in [0.15, 0.2) is 5.96 Å². The van der Waals surface area contributed by atoms with E-state index >= 15 is 0 Å². The minimum absolute atomic E-state index is 0. The summed E-state index contributed by atoms with van der Waals surface area (Å²) in [6.07, 6.45) is 1.68. The normalized spacial score (nSPS) is 12.4. The lowest BCUT2D eigenvalue weighted by molar-refractivity contribution is 0.143. The second-order valence-corrected chi connectivity index (χ2v) is 4.51. The number of hydrogen-bond donors (Lipinski definition) is 2. The van der Waals surface area contributed by atoms with E-state index in [-0.39, 0.29) is 30.0 Å². The maximum absolute atomic E-state index is 5.83.